The van der Waals surface area contributed by atoms with Crippen LogP contribution in [0.5, 0.6) is 0 Å². The van der Waals surface area contributed by atoms with Gasteiger partial charge >= 0.3 is 6.09 Å². The summed E-state index contributed by atoms with van der Waals surface area (Å²) in [5.74, 6) is 0. The Kier molecular flexibility index (Phi) is 4.77. The number of hydrogen-bond acceptors (Lipinski definition) is 4. The van der Waals surface area contributed by atoms with Gasteiger partial charge in [-0.3, -0.25) is 0 Å². The van der Waals surface area contributed by atoms with Crippen LogP contribution in [0.2, 0.25) is 0 Å². The molecule has 0 saturated carbocycles. The number of ether oxygens (including phenoxy) is 2. The lowest BCUT2D eigenvalue weighted by Crippen LogP contribution is -2.50. The predicted molar refractivity (Wildman–Crippen MR) is 63.8 cm³/mol. The Balaban J connectivity index is 2.52. The van der Waals surface area contributed by atoms with Crippen molar-refractivity contribution in [1.82, 2.24) is 4.90 Å². The summed E-state index contributed by atoms with van der Waals surface area (Å²) in [6, 6.07) is 0. The van der Waals surface area contributed by atoms with Gasteiger partial charge in [0, 0.05) is 6.54 Å². The van der Waals surface area contributed by atoms with E-state index in [0.717, 1.165) is 0 Å². The molecule has 1 rings (SSSR count). The number of aliphatic hydroxyl groups is 1. The minimum atomic E-state index is -0.528. The molecule has 0 spiro atoms. The molecule has 100 valence electrons. The molecule has 0 bridgehead atoms. The second-order valence-electron chi connectivity index (χ2n) is 5.31. The normalized spacial score (nSPS) is 23.4. The maximum atomic E-state index is 11.8. The molecule has 5 nitrogen and oxygen atoms in total. The van der Waals surface area contributed by atoms with Crippen LogP contribution < -0.4 is 0 Å². The quantitative estimate of drug-likeness (QED) is 0.798. The van der Waals surface area contributed by atoms with Gasteiger partial charge in [0.1, 0.15) is 11.7 Å². The number of hydrogen-bond donors (Lipinski definition) is 1. The highest BCUT2D eigenvalue weighted by Gasteiger charge is 2.30. The van der Waals surface area contributed by atoms with E-state index in [0.29, 0.717) is 26.1 Å². The van der Waals surface area contributed by atoms with Gasteiger partial charge in [0.2, 0.25) is 0 Å². The van der Waals surface area contributed by atoms with Crippen molar-refractivity contribution in [2.45, 2.75) is 51.9 Å². The first-order valence-electron chi connectivity index (χ1n) is 6.11. The summed E-state index contributed by atoms with van der Waals surface area (Å²) in [5.41, 5.74) is -0.492. The Morgan fingerprint density at radius 3 is 2.76 bits per heavy atom. The third kappa shape index (κ3) is 4.52. The largest absolute Gasteiger partial charge is 0.444 e. The molecule has 2 atom stereocenters. The van der Waals surface area contributed by atoms with Crippen LogP contribution in [0.25, 0.3) is 0 Å². The number of amides is 1. The van der Waals surface area contributed by atoms with Crippen LogP contribution in [0, 0.1) is 0 Å². The molecule has 1 fully saturated rings. The molecule has 1 amide bonds. The summed E-state index contributed by atoms with van der Waals surface area (Å²) in [7, 11) is 0. The van der Waals surface area contributed by atoms with Crippen LogP contribution in [0.4, 0.5) is 4.79 Å². The first-order valence-corrected chi connectivity index (χ1v) is 6.11. The van der Waals surface area contributed by atoms with Crippen molar-refractivity contribution >= 4 is 6.09 Å². The highest BCUT2D eigenvalue weighted by molar-refractivity contribution is 5.68. The molecule has 0 unspecified atom stereocenters. The third-order valence-electron chi connectivity index (χ3n) is 2.59. The first-order chi connectivity index (χ1) is 7.83. The van der Waals surface area contributed by atoms with E-state index in [1.807, 2.05) is 27.7 Å². The van der Waals surface area contributed by atoms with E-state index in [-0.39, 0.29) is 12.2 Å². The van der Waals surface area contributed by atoms with E-state index in [1.165, 1.54) is 0 Å². The Labute approximate surface area is 103 Å². The lowest BCUT2D eigenvalue weighted by Gasteiger charge is -2.35. The molecule has 0 aromatic rings. The van der Waals surface area contributed by atoms with Crippen LogP contribution in [0.15, 0.2) is 0 Å². The van der Waals surface area contributed by atoms with Crippen LogP contribution >= 0.6 is 0 Å². The van der Waals surface area contributed by atoms with Gasteiger partial charge in [0.15, 0.2) is 0 Å². The summed E-state index contributed by atoms with van der Waals surface area (Å²) in [5, 5.41) is 9.71. The maximum Gasteiger partial charge on any atom is 0.410 e. The average Bonchev–Trinajstić information content (AvgIpc) is 2.26. The highest BCUT2D eigenvalue weighted by Crippen LogP contribution is 2.15. The van der Waals surface area contributed by atoms with Gasteiger partial charge in [-0.1, -0.05) is 6.92 Å². The predicted octanol–water partition coefficient (Wildman–Crippen LogP) is 1.39. The molecular formula is C12H23NO4. The smallest absolute Gasteiger partial charge is 0.410 e. The van der Waals surface area contributed by atoms with Crippen molar-refractivity contribution in [2.24, 2.45) is 0 Å². The molecule has 5 heteroatoms. The molecule has 0 aromatic carbocycles. The average molecular weight is 245 g/mol. The van der Waals surface area contributed by atoms with Gasteiger partial charge < -0.3 is 19.5 Å². The molecule has 17 heavy (non-hydrogen) atoms. The fourth-order valence-electron chi connectivity index (χ4n) is 1.66. The lowest BCUT2D eigenvalue weighted by molar-refractivity contribution is -0.0898. The van der Waals surface area contributed by atoms with Gasteiger partial charge in [-0.05, 0) is 27.2 Å². The van der Waals surface area contributed by atoms with Crippen LogP contribution in [0.1, 0.15) is 34.1 Å². The van der Waals surface area contributed by atoms with Crippen molar-refractivity contribution in [1.29, 1.82) is 0 Å². The van der Waals surface area contributed by atoms with Gasteiger partial charge in [-0.2, -0.15) is 0 Å². The minimum Gasteiger partial charge on any atom is -0.444 e. The van der Waals surface area contributed by atoms with Crippen molar-refractivity contribution in [2.75, 3.05) is 19.7 Å². The summed E-state index contributed by atoms with van der Waals surface area (Å²) in [4.78, 5) is 13.4. The second kappa shape index (κ2) is 5.69. The molecule has 1 saturated heterocycles. The van der Waals surface area contributed by atoms with Crippen LogP contribution in [0.3, 0.4) is 0 Å². The summed E-state index contributed by atoms with van der Waals surface area (Å²) < 4.78 is 10.7. The van der Waals surface area contributed by atoms with Crippen molar-refractivity contribution in [3.05, 3.63) is 0 Å². The number of morpholine rings is 1. The zero-order valence-corrected chi connectivity index (χ0v) is 11.1. The van der Waals surface area contributed by atoms with Gasteiger partial charge in [-0.25, -0.2) is 4.79 Å². The summed E-state index contributed by atoms with van der Waals surface area (Å²) in [6.45, 7) is 8.75. The first kappa shape index (κ1) is 14.3. The van der Waals surface area contributed by atoms with E-state index in [1.54, 1.807) is 4.90 Å². The number of aliphatic hydroxyl groups excluding tert-OH is 1. The number of carbonyl (C=O) groups excluding carboxylic acids is 1. The van der Waals surface area contributed by atoms with E-state index < -0.39 is 11.7 Å². The zero-order valence-electron chi connectivity index (χ0n) is 11.1. The maximum absolute atomic E-state index is 11.8. The van der Waals surface area contributed by atoms with E-state index in [2.05, 4.69) is 0 Å². The third-order valence-corrected chi connectivity index (χ3v) is 2.59. The minimum absolute atomic E-state index is 0.304. The van der Waals surface area contributed by atoms with Crippen LogP contribution in [-0.4, -0.2) is 53.6 Å². The number of carbonyl (C=O) groups is 1. The fraction of sp³-hybridized carbons (Fsp3) is 0.917. The standard InChI is InChI=1S/C12H23NO4/c1-5-9(14)10-8-13(6-7-16-10)11(15)17-12(2,3)4/h9-10,14H,5-8H2,1-4H3/t9-,10+/m1/s1. The lowest BCUT2D eigenvalue weighted by atomic mass is 10.1. The monoisotopic (exact) mass is 245 g/mol. The molecular weight excluding hydrogens is 222 g/mol. The molecule has 1 N–H and O–H groups in total. The van der Waals surface area contributed by atoms with Gasteiger partial charge in [0.05, 0.1) is 19.3 Å². The van der Waals surface area contributed by atoms with Crippen molar-refractivity contribution in [3.63, 3.8) is 0 Å². The van der Waals surface area contributed by atoms with Crippen molar-refractivity contribution in [3.8, 4) is 0 Å². The topological polar surface area (TPSA) is 59.0 Å². The Bertz CT molecular complexity index is 262. The second-order valence-corrected chi connectivity index (χ2v) is 5.31. The summed E-state index contributed by atoms with van der Waals surface area (Å²) in [6.07, 6.45) is -0.553. The number of rotatable bonds is 2. The zero-order chi connectivity index (χ0) is 13.1. The SMILES string of the molecule is CC[C@@H](O)[C@@H]1CN(C(=O)OC(C)(C)C)CCO1. The van der Waals surface area contributed by atoms with Gasteiger partial charge in [-0.15, -0.1) is 0 Å². The molecule has 0 aliphatic carbocycles. The van der Waals surface area contributed by atoms with E-state index in [9.17, 15) is 9.90 Å². The van der Waals surface area contributed by atoms with E-state index >= 15 is 0 Å². The van der Waals surface area contributed by atoms with E-state index in [4.69, 9.17) is 9.47 Å². The van der Waals surface area contributed by atoms with Crippen molar-refractivity contribution < 1.29 is 19.4 Å². The number of nitrogens with zero attached hydrogens (tertiary/aromatic N) is 1. The molecule has 1 heterocycles. The Hall–Kier alpha value is -0.810. The Morgan fingerprint density at radius 1 is 1.59 bits per heavy atom. The molecule has 1 aliphatic heterocycles. The summed E-state index contributed by atoms with van der Waals surface area (Å²) >= 11 is 0. The highest BCUT2D eigenvalue weighted by atomic mass is 16.6. The molecule has 1 aliphatic rings. The fourth-order valence-corrected chi connectivity index (χ4v) is 1.66. The Morgan fingerprint density at radius 2 is 2.24 bits per heavy atom. The molecule has 0 radical (unpaired) electrons. The molecule has 0 aromatic heterocycles. The van der Waals surface area contributed by atoms with Gasteiger partial charge in [0.25, 0.3) is 0 Å². The van der Waals surface area contributed by atoms with Crippen LogP contribution in [-0.2, 0) is 9.47 Å².